The largest absolute Gasteiger partial charge is 0.461 e. The van der Waals surface area contributed by atoms with Crippen LogP contribution in [0.5, 0.6) is 0 Å². The van der Waals surface area contributed by atoms with Crippen molar-refractivity contribution in [3.05, 3.63) is 48.1 Å². The van der Waals surface area contributed by atoms with Crippen molar-refractivity contribution in [3.8, 4) is 11.3 Å². The summed E-state index contributed by atoms with van der Waals surface area (Å²) in [6, 6.07) is 8.13. The summed E-state index contributed by atoms with van der Waals surface area (Å²) in [6.45, 7) is 7.71. The number of nitrogens with zero attached hydrogens (tertiary/aromatic N) is 3. The van der Waals surface area contributed by atoms with Crippen LogP contribution in [0.2, 0.25) is 0 Å². The molecule has 0 unspecified atom stereocenters. The van der Waals surface area contributed by atoms with E-state index in [4.69, 9.17) is 9.40 Å². The van der Waals surface area contributed by atoms with E-state index >= 15 is 0 Å². The molecule has 0 aromatic carbocycles. The average molecular weight is 450 g/mol. The number of piperazine rings is 1. The molecule has 3 aromatic rings. The number of amides is 1. The average Bonchev–Trinajstić information content (AvgIpc) is 3.57. The lowest BCUT2D eigenvalue weighted by atomic mass is 10.1. The minimum atomic E-state index is 0.0858. The van der Waals surface area contributed by atoms with Crippen LogP contribution in [0, 0.1) is 19.8 Å². The topological polar surface area (TPSA) is 83.3 Å². The van der Waals surface area contributed by atoms with Crippen molar-refractivity contribution in [2.24, 2.45) is 5.92 Å². The Bertz CT molecular complexity index is 1140. The zero-order valence-corrected chi connectivity index (χ0v) is 19.2. The van der Waals surface area contributed by atoms with Gasteiger partial charge in [-0.3, -0.25) is 9.78 Å². The van der Waals surface area contributed by atoms with Gasteiger partial charge < -0.3 is 20.0 Å². The highest BCUT2D eigenvalue weighted by molar-refractivity contribution is 7.99. The minimum Gasteiger partial charge on any atom is -0.461 e. The molecule has 1 saturated carbocycles. The van der Waals surface area contributed by atoms with Crippen LogP contribution in [0.4, 0.5) is 11.5 Å². The van der Waals surface area contributed by atoms with Gasteiger partial charge in [0.15, 0.2) is 0 Å². The third-order valence-electron chi connectivity index (χ3n) is 5.73. The summed E-state index contributed by atoms with van der Waals surface area (Å²) in [6.07, 6.45) is 5.47. The molecule has 1 saturated heterocycles. The monoisotopic (exact) mass is 449 g/mol. The number of anilines is 2. The number of carbonyl (C=O) groups excluding carboxylic acids is 1. The predicted molar refractivity (Wildman–Crippen MR) is 126 cm³/mol. The van der Waals surface area contributed by atoms with Gasteiger partial charge in [0.1, 0.15) is 17.3 Å². The lowest BCUT2D eigenvalue weighted by Crippen LogP contribution is -2.44. The maximum atomic E-state index is 12.1. The zero-order valence-electron chi connectivity index (χ0n) is 18.4. The molecule has 7 nitrogen and oxygen atoms in total. The Morgan fingerprint density at radius 1 is 1.19 bits per heavy atom. The summed E-state index contributed by atoms with van der Waals surface area (Å²) in [5, 5.41) is 6.38. The van der Waals surface area contributed by atoms with Gasteiger partial charge in [0.05, 0.1) is 23.1 Å². The van der Waals surface area contributed by atoms with Crippen LogP contribution >= 0.6 is 11.8 Å². The number of carbonyl (C=O) groups is 1. The summed E-state index contributed by atoms with van der Waals surface area (Å²) >= 11 is 1.60. The first-order chi connectivity index (χ1) is 15.6. The number of furan rings is 1. The molecule has 8 heteroatoms. The molecule has 5 rings (SSSR count). The fraction of sp³-hybridized carbons (Fsp3) is 0.375. The SMILES string of the molecule is Cc1ccc(-c2cc(Sc3cncc(NC(=O)C4CC4)c3)c(C)nc2N2CCNCC2)o1. The van der Waals surface area contributed by atoms with Gasteiger partial charge in [0, 0.05) is 48.1 Å². The highest BCUT2D eigenvalue weighted by atomic mass is 32.2. The van der Waals surface area contributed by atoms with Gasteiger partial charge in [-0.1, -0.05) is 11.8 Å². The molecule has 4 heterocycles. The van der Waals surface area contributed by atoms with Crippen molar-refractivity contribution in [1.82, 2.24) is 15.3 Å². The van der Waals surface area contributed by atoms with E-state index in [1.807, 2.05) is 38.2 Å². The first kappa shape index (κ1) is 21.0. The number of rotatable bonds is 6. The quantitative estimate of drug-likeness (QED) is 0.582. The third-order valence-corrected chi connectivity index (χ3v) is 6.82. The van der Waals surface area contributed by atoms with Gasteiger partial charge in [-0.25, -0.2) is 4.98 Å². The third kappa shape index (κ3) is 4.66. The molecule has 1 aliphatic heterocycles. The zero-order chi connectivity index (χ0) is 22.1. The molecule has 2 aliphatic rings. The fourth-order valence-corrected chi connectivity index (χ4v) is 4.74. The van der Waals surface area contributed by atoms with E-state index in [9.17, 15) is 4.79 Å². The van der Waals surface area contributed by atoms with Gasteiger partial charge >= 0.3 is 0 Å². The van der Waals surface area contributed by atoms with Crippen molar-refractivity contribution in [2.75, 3.05) is 36.4 Å². The van der Waals surface area contributed by atoms with Crippen molar-refractivity contribution in [1.29, 1.82) is 0 Å². The Hall–Kier alpha value is -2.84. The Morgan fingerprint density at radius 2 is 2.00 bits per heavy atom. The second kappa shape index (κ2) is 8.96. The van der Waals surface area contributed by atoms with Crippen molar-refractivity contribution < 1.29 is 9.21 Å². The second-order valence-corrected chi connectivity index (χ2v) is 9.48. The molecule has 2 N–H and O–H groups in total. The number of hydrogen-bond acceptors (Lipinski definition) is 7. The fourth-order valence-electron chi connectivity index (χ4n) is 3.82. The van der Waals surface area contributed by atoms with Gasteiger partial charge in [-0.15, -0.1) is 0 Å². The predicted octanol–water partition coefficient (Wildman–Crippen LogP) is 4.26. The number of nitrogens with one attached hydrogen (secondary N) is 2. The van der Waals surface area contributed by atoms with E-state index in [1.54, 1.807) is 18.0 Å². The molecule has 0 spiro atoms. The maximum Gasteiger partial charge on any atom is 0.227 e. The van der Waals surface area contributed by atoms with Gasteiger partial charge in [0.25, 0.3) is 0 Å². The van der Waals surface area contributed by atoms with E-state index < -0.39 is 0 Å². The molecule has 0 bridgehead atoms. The number of aromatic nitrogens is 2. The molecule has 0 atom stereocenters. The highest BCUT2D eigenvalue weighted by Crippen LogP contribution is 2.38. The van der Waals surface area contributed by atoms with Crippen LogP contribution in [0.3, 0.4) is 0 Å². The normalized spacial score (nSPS) is 16.2. The van der Waals surface area contributed by atoms with E-state index in [0.717, 1.165) is 83.1 Å². The Kier molecular flexibility index (Phi) is 5.89. The van der Waals surface area contributed by atoms with Crippen LogP contribution in [0.25, 0.3) is 11.3 Å². The van der Waals surface area contributed by atoms with E-state index in [0.29, 0.717) is 0 Å². The first-order valence-corrected chi connectivity index (χ1v) is 11.9. The summed E-state index contributed by atoms with van der Waals surface area (Å²) < 4.78 is 5.99. The molecule has 0 radical (unpaired) electrons. The van der Waals surface area contributed by atoms with Crippen LogP contribution in [0.1, 0.15) is 24.3 Å². The maximum absolute atomic E-state index is 12.1. The Labute approximate surface area is 192 Å². The molecule has 2 fully saturated rings. The summed E-state index contributed by atoms with van der Waals surface area (Å²) in [7, 11) is 0. The second-order valence-electron chi connectivity index (χ2n) is 8.37. The van der Waals surface area contributed by atoms with E-state index in [-0.39, 0.29) is 11.8 Å². The lowest BCUT2D eigenvalue weighted by molar-refractivity contribution is -0.117. The molecular weight excluding hydrogens is 422 g/mol. The van der Waals surface area contributed by atoms with Crippen molar-refractivity contribution in [3.63, 3.8) is 0 Å². The van der Waals surface area contributed by atoms with Crippen molar-refractivity contribution >= 4 is 29.2 Å². The minimum absolute atomic E-state index is 0.0858. The smallest absolute Gasteiger partial charge is 0.227 e. The Morgan fingerprint density at radius 3 is 2.72 bits per heavy atom. The van der Waals surface area contributed by atoms with Gasteiger partial charge in [0.2, 0.25) is 5.91 Å². The van der Waals surface area contributed by atoms with Crippen LogP contribution in [0.15, 0.2) is 50.9 Å². The number of aryl methyl sites for hydroxylation is 2. The van der Waals surface area contributed by atoms with Crippen molar-refractivity contribution in [2.45, 2.75) is 36.5 Å². The molecule has 1 amide bonds. The van der Waals surface area contributed by atoms with E-state index in [1.165, 1.54) is 0 Å². The standard InChI is InChI=1S/C24H27N5O2S/c1-15-3-6-21(31-15)20-12-22(16(2)27-23(20)29-9-7-25-8-10-29)32-19-11-18(13-26-14-19)28-24(30)17-4-5-17/h3,6,11-14,17,25H,4-5,7-10H2,1-2H3,(H,28,30). The molecular formula is C24H27N5O2S. The van der Waals surface area contributed by atoms with Crippen LogP contribution in [-0.4, -0.2) is 42.1 Å². The highest BCUT2D eigenvalue weighted by Gasteiger charge is 2.29. The number of pyridine rings is 2. The van der Waals surface area contributed by atoms with E-state index in [2.05, 4.69) is 26.6 Å². The van der Waals surface area contributed by atoms with Crippen LogP contribution < -0.4 is 15.5 Å². The van der Waals surface area contributed by atoms with Gasteiger partial charge in [-0.05, 0) is 51.0 Å². The summed E-state index contributed by atoms with van der Waals surface area (Å²) in [5.74, 6) is 2.92. The summed E-state index contributed by atoms with van der Waals surface area (Å²) in [4.78, 5) is 25.8. The molecule has 3 aromatic heterocycles. The Balaban J connectivity index is 1.45. The first-order valence-electron chi connectivity index (χ1n) is 11.0. The number of hydrogen-bond donors (Lipinski definition) is 2. The molecule has 32 heavy (non-hydrogen) atoms. The summed E-state index contributed by atoms with van der Waals surface area (Å²) in [5.41, 5.74) is 2.69. The lowest BCUT2D eigenvalue weighted by Gasteiger charge is -2.30. The molecule has 166 valence electrons. The molecule has 1 aliphatic carbocycles. The van der Waals surface area contributed by atoms with Crippen LogP contribution in [-0.2, 0) is 4.79 Å². The van der Waals surface area contributed by atoms with Gasteiger partial charge in [-0.2, -0.15) is 0 Å².